The molecule has 1 amide bonds. The second-order valence-electron chi connectivity index (χ2n) is 8.02. The predicted molar refractivity (Wildman–Crippen MR) is 99.0 cm³/mol. The molecule has 0 atom stereocenters. The summed E-state index contributed by atoms with van der Waals surface area (Å²) in [5, 5.41) is 0. The minimum absolute atomic E-state index is 0.176. The zero-order valence-corrected chi connectivity index (χ0v) is 15.6. The van der Waals surface area contributed by atoms with E-state index in [1.54, 1.807) is 6.92 Å². The first kappa shape index (κ1) is 17.5. The van der Waals surface area contributed by atoms with Crippen molar-refractivity contribution >= 4 is 5.91 Å². The summed E-state index contributed by atoms with van der Waals surface area (Å²) in [5.41, 5.74) is 4.29. The van der Waals surface area contributed by atoms with Gasteiger partial charge in [-0.05, 0) is 48.3 Å². The summed E-state index contributed by atoms with van der Waals surface area (Å²) >= 11 is 0. The fraction of sp³-hybridized carbons (Fsp3) is 0.667. The van der Waals surface area contributed by atoms with Gasteiger partial charge in [-0.3, -0.25) is 9.69 Å². The van der Waals surface area contributed by atoms with Crippen LogP contribution < -0.4 is 0 Å². The maximum absolute atomic E-state index is 11.9. The molecule has 1 fully saturated rings. The van der Waals surface area contributed by atoms with Crippen molar-refractivity contribution in [3.8, 4) is 0 Å². The van der Waals surface area contributed by atoms with Crippen molar-refractivity contribution in [2.24, 2.45) is 5.92 Å². The molecule has 1 aromatic carbocycles. The Morgan fingerprint density at radius 3 is 2.50 bits per heavy atom. The highest BCUT2D eigenvalue weighted by molar-refractivity contribution is 5.73. The minimum Gasteiger partial charge on any atom is -0.338 e. The normalized spacial score (nSPS) is 18.8. The van der Waals surface area contributed by atoms with Crippen LogP contribution in [-0.2, 0) is 24.2 Å². The van der Waals surface area contributed by atoms with Crippen molar-refractivity contribution in [1.29, 1.82) is 0 Å². The molecule has 0 radical (unpaired) electrons. The van der Waals surface area contributed by atoms with Gasteiger partial charge in [0.1, 0.15) is 0 Å². The number of amides is 1. The fourth-order valence-corrected chi connectivity index (χ4v) is 3.98. The molecule has 0 unspecified atom stereocenters. The number of nitrogens with zero attached hydrogens (tertiary/aromatic N) is 2. The van der Waals surface area contributed by atoms with Crippen LogP contribution in [0.15, 0.2) is 18.2 Å². The highest BCUT2D eigenvalue weighted by Crippen LogP contribution is 2.27. The molecule has 3 rings (SSSR count). The number of carbonyl (C=O) groups is 1. The molecule has 1 aliphatic carbocycles. The Morgan fingerprint density at radius 2 is 1.92 bits per heavy atom. The van der Waals surface area contributed by atoms with Gasteiger partial charge in [0.05, 0.1) is 0 Å². The van der Waals surface area contributed by atoms with Crippen LogP contribution in [0.25, 0.3) is 0 Å². The van der Waals surface area contributed by atoms with E-state index < -0.39 is 0 Å². The molecule has 1 aliphatic heterocycles. The second-order valence-corrected chi connectivity index (χ2v) is 8.02. The largest absolute Gasteiger partial charge is 0.338 e. The SMILES string of the molecule is CC(=O)N(Cc1ccc2c(c1)CCN(C1CCC1)CC2)CC(C)C. The lowest BCUT2D eigenvalue weighted by atomic mass is 9.91. The molecule has 0 N–H and O–H groups in total. The van der Waals surface area contributed by atoms with E-state index in [2.05, 4.69) is 36.9 Å². The monoisotopic (exact) mass is 328 g/mol. The van der Waals surface area contributed by atoms with E-state index in [4.69, 9.17) is 0 Å². The van der Waals surface area contributed by atoms with E-state index in [9.17, 15) is 4.79 Å². The van der Waals surface area contributed by atoms with Crippen LogP contribution in [-0.4, -0.2) is 41.4 Å². The molecule has 3 heteroatoms. The van der Waals surface area contributed by atoms with Gasteiger partial charge in [-0.2, -0.15) is 0 Å². The van der Waals surface area contributed by atoms with Crippen LogP contribution >= 0.6 is 0 Å². The Hall–Kier alpha value is -1.35. The Bertz CT molecular complexity index is 577. The number of hydrogen-bond acceptors (Lipinski definition) is 2. The Kier molecular flexibility index (Phi) is 5.60. The fourth-order valence-electron chi connectivity index (χ4n) is 3.98. The summed E-state index contributed by atoms with van der Waals surface area (Å²) in [7, 11) is 0. The van der Waals surface area contributed by atoms with E-state index >= 15 is 0 Å². The molecule has 0 bridgehead atoms. The van der Waals surface area contributed by atoms with E-state index in [-0.39, 0.29) is 5.91 Å². The highest BCUT2D eigenvalue weighted by Gasteiger charge is 2.26. The van der Waals surface area contributed by atoms with Crippen molar-refractivity contribution in [2.45, 2.75) is 65.5 Å². The summed E-state index contributed by atoms with van der Waals surface area (Å²) < 4.78 is 0. The quantitative estimate of drug-likeness (QED) is 0.824. The van der Waals surface area contributed by atoms with Crippen LogP contribution in [0.3, 0.4) is 0 Å². The Balaban J connectivity index is 1.67. The van der Waals surface area contributed by atoms with Gasteiger partial charge in [0.25, 0.3) is 0 Å². The molecule has 0 spiro atoms. The first-order chi connectivity index (χ1) is 11.5. The molecule has 1 heterocycles. The van der Waals surface area contributed by atoms with E-state index in [0.717, 1.165) is 25.6 Å². The van der Waals surface area contributed by atoms with Crippen molar-refractivity contribution in [2.75, 3.05) is 19.6 Å². The lowest BCUT2D eigenvalue weighted by molar-refractivity contribution is -0.130. The van der Waals surface area contributed by atoms with Gasteiger partial charge in [0.15, 0.2) is 0 Å². The van der Waals surface area contributed by atoms with Crippen molar-refractivity contribution in [3.05, 3.63) is 34.9 Å². The van der Waals surface area contributed by atoms with Crippen molar-refractivity contribution in [1.82, 2.24) is 9.80 Å². The smallest absolute Gasteiger partial charge is 0.219 e. The molecule has 0 saturated heterocycles. The maximum Gasteiger partial charge on any atom is 0.219 e. The van der Waals surface area contributed by atoms with Crippen LogP contribution in [0.2, 0.25) is 0 Å². The Labute approximate surface area is 147 Å². The highest BCUT2D eigenvalue weighted by atomic mass is 16.2. The second kappa shape index (κ2) is 7.69. The molecule has 132 valence electrons. The van der Waals surface area contributed by atoms with E-state index in [0.29, 0.717) is 5.92 Å². The zero-order valence-electron chi connectivity index (χ0n) is 15.6. The third-order valence-electron chi connectivity index (χ3n) is 5.60. The summed E-state index contributed by atoms with van der Waals surface area (Å²) in [6.45, 7) is 10.0. The number of carbonyl (C=O) groups excluding carboxylic acids is 1. The zero-order chi connectivity index (χ0) is 17.1. The van der Waals surface area contributed by atoms with Gasteiger partial charge in [-0.1, -0.05) is 38.5 Å². The summed E-state index contributed by atoms with van der Waals surface area (Å²) in [5.74, 6) is 0.681. The first-order valence-corrected chi connectivity index (χ1v) is 9.63. The van der Waals surface area contributed by atoms with Crippen molar-refractivity contribution in [3.63, 3.8) is 0 Å². The molecular weight excluding hydrogens is 296 g/mol. The average Bonchev–Trinajstić information content (AvgIpc) is 2.67. The summed E-state index contributed by atoms with van der Waals surface area (Å²) in [6.07, 6.45) is 6.53. The lowest BCUT2D eigenvalue weighted by Gasteiger charge is -2.36. The molecule has 24 heavy (non-hydrogen) atoms. The molecule has 2 aliphatic rings. The van der Waals surface area contributed by atoms with Gasteiger partial charge in [0.2, 0.25) is 5.91 Å². The number of fused-ring (bicyclic) bond motifs is 1. The molecule has 3 nitrogen and oxygen atoms in total. The summed E-state index contributed by atoms with van der Waals surface area (Å²) in [4.78, 5) is 16.6. The number of benzene rings is 1. The minimum atomic E-state index is 0.176. The van der Waals surface area contributed by atoms with Crippen LogP contribution in [0.4, 0.5) is 0 Å². The maximum atomic E-state index is 11.9. The first-order valence-electron chi connectivity index (χ1n) is 9.63. The molecule has 1 saturated carbocycles. The average molecular weight is 329 g/mol. The molecular formula is C21H32N2O. The van der Waals surface area contributed by atoms with Crippen LogP contribution in [0, 0.1) is 5.92 Å². The van der Waals surface area contributed by atoms with E-state index in [1.807, 2.05) is 4.90 Å². The molecule has 1 aromatic rings. The van der Waals surface area contributed by atoms with Gasteiger partial charge in [-0.25, -0.2) is 0 Å². The number of rotatable bonds is 5. The lowest BCUT2D eigenvalue weighted by Crippen LogP contribution is -2.41. The Morgan fingerprint density at radius 1 is 1.21 bits per heavy atom. The topological polar surface area (TPSA) is 23.6 Å². The third kappa shape index (κ3) is 4.18. The standard InChI is InChI=1S/C21H32N2O/c1-16(2)14-23(17(3)24)15-18-7-8-19-9-11-22(21-5-4-6-21)12-10-20(19)13-18/h7-8,13,16,21H,4-6,9-12,14-15H2,1-3H3. The summed E-state index contributed by atoms with van der Waals surface area (Å²) in [6, 6.07) is 7.74. The van der Waals surface area contributed by atoms with Gasteiger partial charge in [-0.15, -0.1) is 0 Å². The predicted octanol–water partition coefficient (Wildman–Crippen LogP) is 3.64. The van der Waals surface area contributed by atoms with Crippen LogP contribution in [0.5, 0.6) is 0 Å². The molecule has 0 aromatic heterocycles. The van der Waals surface area contributed by atoms with Gasteiger partial charge in [0, 0.05) is 39.1 Å². The van der Waals surface area contributed by atoms with Gasteiger partial charge < -0.3 is 4.90 Å². The number of hydrogen-bond donors (Lipinski definition) is 0. The van der Waals surface area contributed by atoms with E-state index in [1.165, 1.54) is 55.5 Å². The third-order valence-corrected chi connectivity index (χ3v) is 5.60. The van der Waals surface area contributed by atoms with Gasteiger partial charge >= 0.3 is 0 Å². The van der Waals surface area contributed by atoms with Crippen LogP contribution in [0.1, 0.15) is 56.7 Å². The van der Waals surface area contributed by atoms with Crippen molar-refractivity contribution < 1.29 is 4.79 Å².